The van der Waals surface area contributed by atoms with Crippen molar-refractivity contribution in [3.05, 3.63) is 0 Å². The first-order chi connectivity index (χ1) is 7.33. The predicted octanol–water partition coefficient (Wildman–Crippen LogP) is 0.649. The first-order valence-corrected chi connectivity index (χ1v) is 4.47. The van der Waals surface area contributed by atoms with Crippen LogP contribution in [0.2, 0.25) is 0 Å². The van der Waals surface area contributed by atoms with Gasteiger partial charge in [0, 0.05) is 27.1 Å². The van der Waals surface area contributed by atoms with E-state index in [0.717, 1.165) is 12.6 Å². The third-order valence-corrected chi connectivity index (χ3v) is 1.14. The second kappa shape index (κ2) is 29.3. The Morgan fingerprint density at radius 3 is 1.47 bits per heavy atom. The lowest BCUT2D eigenvalue weighted by Crippen LogP contribution is -1.96. The van der Waals surface area contributed by atoms with Gasteiger partial charge in [-0.1, -0.05) is 0 Å². The molecule has 15 heavy (non-hydrogen) atoms. The maximum atomic E-state index is 9.56. The van der Waals surface area contributed by atoms with Gasteiger partial charge in [0.25, 0.3) is 0 Å². The lowest BCUT2D eigenvalue weighted by Gasteiger charge is -1.91. The lowest BCUT2D eigenvalue weighted by atomic mass is 10.3. The topological polar surface area (TPSA) is 69.7 Å². The van der Waals surface area contributed by atoms with Crippen LogP contribution in [0.4, 0.5) is 0 Å². The number of unbranched alkanes of at least 4 members (excludes halogenated alkanes) is 2. The van der Waals surface area contributed by atoms with Crippen molar-refractivity contribution < 1.29 is 23.9 Å². The Bertz CT molecular complexity index is 104. The molecule has 0 bridgehead atoms. The van der Waals surface area contributed by atoms with Crippen molar-refractivity contribution in [1.82, 2.24) is 0 Å². The molecule has 0 aliphatic carbocycles. The highest BCUT2D eigenvalue weighted by molar-refractivity contribution is 5.52. The van der Waals surface area contributed by atoms with Crippen LogP contribution in [-0.2, 0) is 23.9 Å². The lowest BCUT2D eigenvalue weighted by molar-refractivity contribution is -0.109. The smallest absolute Gasteiger partial charge is 0.120 e. The first-order valence-electron chi connectivity index (χ1n) is 4.47. The Morgan fingerprint density at radius 2 is 1.27 bits per heavy atom. The molecule has 0 aromatic rings. The van der Waals surface area contributed by atoms with Crippen LogP contribution in [0.1, 0.15) is 19.3 Å². The number of rotatable bonds is 7. The van der Waals surface area contributed by atoms with Gasteiger partial charge in [0.1, 0.15) is 19.4 Å². The molecule has 0 radical (unpaired) electrons. The summed E-state index contributed by atoms with van der Waals surface area (Å²) >= 11 is 0. The standard InChI is InChI=1S/C5H8O2.C4H10O2.CH2O/c6-4-2-1-3-5-7;1-5-3-4-6-2;1-2/h4-5H,1-3H2;3-4H2,1-2H3;1H2. The number of ether oxygens (including phenoxy) is 2. The monoisotopic (exact) mass is 220 g/mol. The van der Waals surface area contributed by atoms with E-state index in [1.807, 2.05) is 6.79 Å². The largest absolute Gasteiger partial charge is 0.382 e. The molecule has 0 atom stereocenters. The minimum atomic E-state index is 0.513. The summed E-state index contributed by atoms with van der Waals surface area (Å²) in [6, 6.07) is 0. The van der Waals surface area contributed by atoms with E-state index >= 15 is 0 Å². The maximum absolute atomic E-state index is 9.56. The van der Waals surface area contributed by atoms with Crippen LogP contribution in [-0.4, -0.2) is 46.8 Å². The molecule has 5 heteroatoms. The minimum absolute atomic E-state index is 0.513. The zero-order chi connectivity index (χ0) is 12.4. The van der Waals surface area contributed by atoms with Crippen molar-refractivity contribution in [2.45, 2.75) is 19.3 Å². The van der Waals surface area contributed by atoms with E-state index in [2.05, 4.69) is 9.47 Å². The molecule has 0 aliphatic heterocycles. The van der Waals surface area contributed by atoms with Crippen LogP contribution < -0.4 is 0 Å². The van der Waals surface area contributed by atoms with Crippen molar-refractivity contribution >= 4 is 19.4 Å². The number of aldehydes is 2. The molecule has 5 nitrogen and oxygen atoms in total. The van der Waals surface area contributed by atoms with Crippen molar-refractivity contribution in [2.24, 2.45) is 0 Å². The van der Waals surface area contributed by atoms with Gasteiger partial charge in [-0.25, -0.2) is 0 Å². The number of hydrogen-bond acceptors (Lipinski definition) is 5. The van der Waals surface area contributed by atoms with Crippen LogP contribution in [0.25, 0.3) is 0 Å². The van der Waals surface area contributed by atoms with Gasteiger partial charge in [0.2, 0.25) is 0 Å². The fraction of sp³-hybridized carbons (Fsp3) is 0.700. The molecular weight excluding hydrogens is 200 g/mol. The molecule has 0 rings (SSSR count). The highest BCUT2D eigenvalue weighted by Gasteiger charge is 1.80. The Balaban J connectivity index is -0.000000166. The van der Waals surface area contributed by atoms with Crippen molar-refractivity contribution in [3.8, 4) is 0 Å². The Morgan fingerprint density at radius 1 is 0.933 bits per heavy atom. The SMILES string of the molecule is C=O.COCCOC.O=CCCCC=O. The highest BCUT2D eigenvalue weighted by Crippen LogP contribution is 1.85. The molecule has 0 saturated heterocycles. The quantitative estimate of drug-likeness (QED) is 0.465. The van der Waals surface area contributed by atoms with E-state index in [1.165, 1.54) is 0 Å². The Labute approximate surface area is 90.7 Å². The van der Waals surface area contributed by atoms with Gasteiger partial charge in [-0.05, 0) is 6.42 Å². The Hall–Kier alpha value is -1.07. The highest BCUT2D eigenvalue weighted by atomic mass is 16.5. The third-order valence-electron chi connectivity index (χ3n) is 1.14. The van der Waals surface area contributed by atoms with E-state index in [4.69, 9.17) is 4.79 Å². The molecule has 0 unspecified atom stereocenters. The Kier molecular flexibility index (Phi) is 38.0. The van der Waals surface area contributed by atoms with Gasteiger partial charge in [0.05, 0.1) is 13.2 Å². The van der Waals surface area contributed by atoms with Crippen LogP contribution in [0.3, 0.4) is 0 Å². The van der Waals surface area contributed by atoms with Gasteiger partial charge < -0.3 is 23.9 Å². The van der Waals surface area contributed by atoms with Crippen LogP contribution >= 0.6 is 0 Å². The number of methoxy groups -OCH3 is 2. The van der Waals surface area contributed by atoms with Crippen LogP contribution in [0, 0.1) is 0 Å². The van der Waals surface area contributed by atoms with Gasteiger partial charge in [-0.3, -0.25) is 0 Å². The van der Waals surface area contributed by atoms with Crippen molar-refractivity contribution in [1.29, 1.82) is 0 Å². The van der Waals surface area contributed by atoms with Crippen molar-refractivity contribution in [2.75, 3.05) is 27.4 Å². The van der Waals surface area contributed by atoms with Gasteiger partial charge >= 0.3 is 0 Å². The fourth-order valence-electron chi connectivity index (χ4n) is 0.451. The summed E-state index contributed by atoms with van der Waals surface area (Å²) in [5, 5.41) is 0. The summed E-state index contributed by atoms with van der Waals surface area (Å²) in [7, 11) is 3.30. The molecule has 0 N–H and O–H groups in total. The average molecular weight is 220 g/mol. The van der Waals surface area contributed by atoms with E-state index < -0.39 is 0 Å². The number of hydrogen-bond donors (Lipinski definition) is 0. The predicted molar refractivity (Wildman–Crippen MR) is 56.9 cm³/mol. The molecule has 0 saturated carbocycles. The number of carbonyl (C=O) groups excluding carboxylic acids is 3. The average Bonchev–Trinajstić information content (AvgIpc) is 2.31. The zero-order valence-corrected chi connectivity index (χ0v) is 9.44. The van der Waals surface area contributed by atoms with Crippen LogP contribution in [0.5, 0.6) is 0 Å². The van der Waals surface area contributed by atoms with E-state index in [0.29, 0.717) is 32.5 Å². The molecule has 0 aromatic heterocycles. The van der Waals surface area contributed by atoms with Gasteiger partial charge in [-0.2, -0.15) is 0 Å². The summed E-state index contributed by atoms with van der Waals surface area (Å²) in [5.74, 6) is 0. The summed E-state index contributed by atoms with van der Waals surface area (Å²) in [6.07, 6.45) is 3.37. The normalized spacial score (nSPS) is 7.60. The van der Waals surface area contributed by atoms with Crippen LogP contribution in [0.15, 0.2) is 0 Å². The molecule has 0 fully saturated rings. The summed E-state index contributed by atoms with van der Waals surface area (Å²) < 4.78 is 9.31. The summed E-state index contributed by atoms with van der Waals surface area (Å²) in [5.41, 5.74) is 0. The molecule has 0 aliphatic rings. The van der Waals surface area contributed by atoms with E-state index in [-0.39, 0.29) is 0 Å². The van der Waals surface area contributed by atoms with Gasteiger partial charge in [0.15, 0.2) is 0 Å². The second-order valence-electron chi connectivity index (χ2n) is 2.25. The van der Waals surface area contributed by atoms with E-state index in [1.54, 1.807) is 14.2 Å². The molecule has 0 aromatic carbocycles. The molecular formula is C10H20O5. The minimum Gasteiger partial charge on any atom is -0.382 e. The fourth-order valence-corrected chi connectivity index (χ4v) is 0.451. The molecule has 0 spiro atoms. The van der Waals surface area contributed by atoms with Gasteiger partial charge in [-0.15, -0.1) is 0 Å². The molecule has 90 valence electrons. The summed E-state index contributed by atoms with van der Waals surface area (Å²) in [6.45, 7) is 3.38. The number of carbonyl (C=O) groups is 3. The third kappa shape index (κ3) is 43.9. The second-order valence-corrected chi connectivity index (χ2v) is 2.25. The molecule has 0 amide bonds. The summed E-state index contributed by atoms with van der Waals surface area (Å²) in [4.78, 5) is 27.1. The zero-order valence-electron chi connectivity index (χ0n) is 9.44. The maximum Gasteiger partial charge on any atom is 0.120 e. The van der Waals surface area contributed by atoms with Crippen molar-refractivity contribution in [3.63, 3.8) is 0 Å². The van der Waals surface area contributed by atoms with E-state index in [9.17, 15) is 9.59 Å². The first kappa shape index (κ1) is 19.5. The molecule has 0 heterocycles.